The molecule has 0 bridgehead atoms. The van der Waals surface area contributed by atoms with Crippen molar-refractivity contribution in [2.75, 3.05) is 5.32 Å². The van der Waals surface area contributed by atoms with Crippen molar-refractivity contribution < 1.29 is 4.79 Å². The smallest absolute Gasteiger partial charge is 0.228 e. The molecule has 1 N–H and O–H groups in total. The standard InChI is InChI=1S/C16H12Cl3NO/c17-11-3-1-2-9(4-11)5-13(18)12-6-10-7-16(21)20-15(10)8-14(12)19/h1-4,6,8,13H,5,7H2,(H,20,21). The summed E-state index contributed by atoms with van der Waals surface area (Å²) < 4.78 is 0. The Morgan fingerprint density at radius 2 is 2.00 bits per heavy atom. The van der Waals surface area contributed by atoms with E-state index in [1.807, 2.05) is 30.3 Å². The van der Waals surface area contributed by atoms with Crippen molar-refractivity contribution >= 4 is 46.4 Å². The molecule has 2 aromatic carbocycles. The molecular formula is C16H12Cl3NO. The lowest BCUT2D eigenvalue weighted by molar-refractivity contribution is -0.115. The maximum Gasteiger partial charge on any atom is 0.228 e. The Labute approximate surface area is 138 Å². The molecule has 108 valence electrons. The Morgan fingerprint density at radius 3 is 2.76 bits per heavy atom. The molecule has 0 radical (unpaired) electrons. The molecule has 1 aliphatic rings. The summed E-state index contributed by atoms with van der Waals surface area (Å²) in [5.41, 5.74) is 3.61. The number of fused-ring (bicyclic) bond motifs is 1. The topological polar surface area (TPSA) is 29.1 Å². The van der Waals surface area contributed by atoms with E-state index in [2.05, 4.69) is 5.32 Å². The Hall–Kier alpha value is -1.22. The highest BCUT2D eigenvalue weighted by Gasteiger charge is 2.22. The van der Waals surface area contributed by atoms with Crippen molar-refractivity contribution in [1.82, 2.24) is 0 Å². The predicted octanol–water partition coefficient (Wildman–Crippen LogP) is 5.01. The van der Waals surface area contributed by atoms with Crippen LogP contribution in [0.3, 0.4) is 0 Å². The van der Waals surface area contributed by atoms with E-state index in [1.165, 1.54) is 0 Å². The van der Waals surface area contributed by atoms with Gasteiger partial charge >= 0.3 is 0 Å². The summed E-state index contributed by atoms with van der Waals surface area (Å²) in [6.07, 6.45) is 1.00. The molecule has 1 unspecified atom stereocenters. The van der Waals surface area contributed by atoms with Crippen LogP contribution in [-0.4, -0.2) is 5.91 Å². The third kappa shape index (κ3) is 3.18. The van der Waals surface area contributed by atoms with Crippen LogP contribution in [0.4, 0.5) is 5.69 Å². The number of anilines is 1. The van der Waals surface area contributed by atoms with E-state index in [9.17, 15) is 4.79 Å². The van der Waals surface area contributed by atoms with E-state index in [0.717, 1.165) is 22.4 Å². The maximum atomic E-state index is 11.4. The molecule has 0 aromatic heterocycles. The number of rotatable bonds is 3. The molecule has 3 rings (SSSR count). The second kappa shape index (κ2) is 5.88. The minimum atomic E-state index is -0.267. The third-order valence-corrected chi connectivity index (χ3v) is 4.44. The SMILES string of the molecule is O=C1Cc2cc(C(Cl)Cc3cccc(Cl)c3)c(Cl)cc2N1. The van der Waals surface area contributed by atoms with E-state index in [1.54, 1.807) is 6.07 Å². The first-order chi connectivity index (χ1) is 10.0. The van der Waals surface area contributed by atoms with Crippen LogP contribution >= 0.6 is 34.8 Å². The van der Waals surface area contributed by atoms with Crippen molar-refractivity contribution in [3.05, 3.63) is 63.1 Å². The fraction of sp³-hybridized carbons (Fsp3) is 0.188. The normalized spacial score (nSPS) is 14.7. The number of amides is 1. The molecule has 1 heterocycles. The van der Waals surface area contributed by atoms with Crippen LogP contribution < -0.4 is 5.32 Å². The average molecular weight is 341 g/mol. The molecule has 1 amide bonds. The zero-order valence-electron chi connectivity index (χ0n) is 11.0. The Balaban J connectivity index is 1.87. The molecule has 0 saturated heterocycles. The summed E-state index contributed by atoms with van der Waals surface area (Å²) in [4.78, 5) is 11.4. The van der Waals surface area contributed by atoms with Crippen molar-refractivity contribution in [3.8, 4) is 0 Å². The van der Waals surface area contributed by atoms with Crippen LogP contribution in [0.5, 0.6) is 0 Å². The Kier molecular flexibility index (Phi) is 4.12. The molecule has 1 aliphatic heterocycles. The number of alkyl halides is 1. The number of benzene rings is 2. The van der Waals surface area contributed by atoms with Crippen LogP contribution in [-0.2, 0) is 17.6 Å². The fourth-order valence-corrected chi connectivity index (χ4v) is 3.41. The van der Waals surface area contributed by atoms with E-state index in [4.69, 9.17) is 34.8 Å². The summed E-state index contributed by atoms with van der Waals surface area (Å²) in [7, 11) is 0. The first kappa shape index (κ1) is 14.7. The minimum absolute atomic E-state index is 0.0146. The molecule has 21 heavy (non-hydrogen) atoms. The van der Waals surface area contributed by atoms with Crippen molar-refractivity contribution in [2.24, 2.45) is 0 Å². The lowest BCUT2D eigenvalue weighted by atomic mass is 10.0. The zero-order chi connectivity index (χ0) is 15.0. The molecule has 0 fully saturated rings. The van der Waals surface area contributed by atoms with Crippen LogP contribution in [0.2, 0.25) is 10.0 Å². The van der Waals surface area contributed by atoms with Gasteiger partial charge in [-0.2, -0.15) is 0 Å². The monoisotopic (exact) mass is 339 g/mol. The first-order valence-electron chi connectivity index (χ1n) is 6.53. The van der Waals surface area contributed by atoms with Crippen molar-refractivity contribution in [1.29, 1.82) is 0 Å². The van der Waals surface area contributed by atoms with Gasteiger partial charge in [-0.25, -0.2) is 0 Å². The number of nitrogens with one attached hydrogen (secondary N) is 1. The van der Waals surface area contributed by atoms with Gasteiger partial charge in [0.15, 0.2) is 0 Å². The van der Waals surface area contributed by atoms with E-state index in [-0.39, 0.29) is 11.3 Å². The summed E-state index contributed by atoms with van der Waals surface area (Å²) in [6.45, 7) is 0. The molecule has 5 heteroatoms. The van der Waals surface area contributed by atoms with Gasteiger partial charge in [-0.05, 0) is 41.3 Å². The maximum absolute atomic E-state index is 11.4. The van der Waals surface area contributed by atoms with E-state index in [0.29, 0.717) is 22.9 Å². The van der Waals surface area contributed by atoms with Gasteiger partial charge in [-0.15, -0.1) is 11.6 Å². The van der Waals surface area contributed by atoms with Crippen LogP contribution in [0.25, 0.3) is 0 Å². The second-order valence-corrected chi connectivity index (χ2v) is 6.43. The number of carbonyl (C=O) groups is 1. The summed E-state index contributed by atoms with van der Waals surface area (Å²) in [5, 5.41) is 3.76. The van der Waals surface area contributed by atoms with Gasteiger partial charge in [0.05, 0.1) is 11.8 Å². The van der Waals surface area contributed by atoms with Crippen LogP contribution in [0.1, 0.15) is 22.1 Å². The van der Waals surface area contributed by atoms with Crippen molar-refractivity contribution in [2.45, 2.75) is 18.2 Å². The Bertz CT molecular complexity index is 715. The number of halogens is 3. The third-order valence-electron chi connectivity index (χ3n) is 3.49. The lowest BCUT2D eigenvalue weighted by Gasteiger charge is -2.14. The van der Waals surface area contributed by atoms with Gasteiger partial charge in [0.25, 0.3) is 0 Å². The first-order valence-corrected chi connectivity index (χ1v) is 7.73. The second-order valence-electron chi connectivity index (χ2n) is 5.06. The van der Waals surface area contributed by atoms with E-state index >= 15 is 0 Å². The highest BCUT2D eigenvalue weighted by atomic mass is 35.5. The molecule has 0 spiro atoms. The molecule has 0 saturated carbocycles. The molecule has 2 nitrogen and oxygen atoms in total. The summed E-state index contributed by atoms with van der Waals surface area (Å²) in [5.74, 6) is -0.0146. The predicted molar refractivity (Wildman–Crippen MR) is 87.5 cm³/mol. The van der Waals surface area contributed by atoms with Gasteiger partial charge in [0.2, 0.25) is 5.91 Å². The average Bonchev–Trinajstić information content (AvgIpc) is 2.76. The van der Waals surface area contributed by atoms with Gasteiger partial charge in [-0.1, -0.05) is 41.4 Å². The van der Waals surface area contributed by atoms with Crippen molar-refractivity contribution in [3.63, 3.8) is 0 Å². The minimum Gasteiger partial charge on any atom is -0.325 e. The highest BCUT2D eigenvalue weighted by molar-refractivity contribution is 6.33. The van der Waals surface area contributed by atoms with Gasteiger partial charge in [-0.3, -0.25) is 4.79 Å². The molecule has 0 aliphatic carbocycles. The van der Waals surface area contributed by atoms with Crippen LogP contribution in [0.15, 0.2) is 36.4 Å². The number of hydrogen-bond donors (Lipinski definition) is 1. The highest BCUT2D eigenvalue weighted by Crippen LogP contribution is 2.36. The quantitative estimate of drug-likeness (QED) is 0.782. The van der Waals surface area contributed by atoms with Gasteiger partial charge in [0, 0.05) is 15.7 Å². The molecular weight excluding hydrogens is 329 g/mol. The number of carbonyl (C=O) groups excluding carboxylic acids is 1. The summed E-state index contributed by atoms with van der Waals surface area (Å²) >= 11 is 18.8. The van der Waals surface area contributed by atoms with E-state index < -0.39 is 0 Å². The fourth-order valence-electron chi connectivity index (χ4n) is 2.49. The Morgan fingerprint density at radius 1 is 1.19 bits per heavy atom. The number of hydrogen-bond acceptors (Lipinski definition) is 1. The largest absolute Gasteiger partial charge is 0.325 e. The lowest BCUT2D eigenvalue weighted by Crippen LogP contribution is -2.03. The van der Waals surface area contributed by atoms with Crippen LogP contribution in [0, 0.1) is 0 Å². The van der Waals surface area contributed by atoms with Gasteiger partial charge < -0.3 is 5.32 Å². The van der Waals surface area contributed by atoms with Gasteiger partial charge in [0.1, 0.15) is 0 Å². The molecule has 2 aromatic rings. The molecule has 1 atom stereocenters. The zero-order valence-corrected chi connectivity index (χ0v) is 13.3. The summed E-state index contributed by atoms with van der Waals surface area (Å²) in [6, 6.07) is 11.3.